The quantitative estimate of drug-likeness (QED) is 0.922. The van der Waals surface area contributed by atoms with E-state index in [0.717, 1.165) is 25.0 Å². The maximum absolute atomic E-state index is 13.6. The molecule has 110 valence electrons. The Morgan fingerprint density at radius 1 is 1.40 bits per heavy atom. The van der Waals surface area contributed by atoms with Crippen molar-refractivity contribution in [3.8, 4) is 0 Å². The lowest BCUT2D eigenvalue weighted by Crippen LogP contribution is -2.41. The van der Waals surface area contributed by atoms with Crippen LogP contribution >= 0.6 is 11.6 Å². The Labute approximate surface area is 121 Å². The lowest BCUT2D eigenvalue weighted by Gasteiger charge is -2.21. The van der Waals surface area contributed by atoms with Crippen LogP contribution in [0.25, 0.3) is 0 Å². The van der Waals surface area contributed by atoms with Crippen molar-refractivity contribution in [3.63, 3.8) is 0 Å². The average molecular weight is 322 g/mol. The van der Waals surface area contributed by atoms with Crippen LogP contribution in [0.15, 0.2) is 23.1 Å². The van der Waals surface area contributed by atoms with E-state index in [1.165, 1.54) is 6.07 Å². The number of hydrogen-bond acceptors (Lipinski definition) is 4. The summed E-state index contributed by atoms with van der Waals surface area (Å²) in [6, 6.07) is 3.12. The second kappa shape index (κ2) is 6.07. The first-order chi connectivity index (χ1) is 9.40. The van der Waals surface area contributed by atoms with Gasteiger partial charge in [0, 0.05) is 11.6 Å². The Bertz CT molecular complexity index is 614. The second-order valence-electron chi connectivity index (χ2n) is 4.40. The van der Waals surface area contributed by atoms with E-state index in [9.17, 15) is 17.6 Å². The number of amides is 1. The third-order valence-electron chi connectivity index (χ3n) is 2.89. The van der Waals surface area contributed by atoms with Gasteiger partial charge in [-0.05, 0) is 37.5 Å². The molecule has 1 N–H and O–H groups in total. The van der Waals surface area contributed by atoms with Gasteiger partial charge in [0.15, 0.2) is 0 Å². The molecule has 1 atom stereocenters. The van der Waals surface area contributed by atoms with Crippen LogP contribution in [-0.2, 0) is 19.6 Å². The summed E-state index contributed by atoms with van der Waals surface area (Å²) in [7, 11) is -4.27. The molecule has 2 rings (SSSR count). The molecular weight excluding hydrogens is 309 g/mol. The minimum absolute atomic E-state index is 0.0726. The second-order valence-corrected chi connectivity index (χ2v) is 6.49. The third kappa shape index (κ3) is 3.47. The lowest BCUT2D eigenvalue weighted by molar-refractivity contribution is -0.133. The van der Waals surface area contributed by atoms with Crippen molar-refractivity contribution >= 4 is 27.5 Å². The molecule has 1 aliphatic rings. The van der Waals surface area contributed by atoms with Crippen LogP contribution in [0.2, 0.25) is 5.02 Å². The van der Waals surface area contributed by atoms with E-state index in [2.05, 4.69) is 0 Å². The van der Waals surface area contributed by atoms with Crippen LogP contribution in [0.1, 0.15) is 19.3 Å². The highest BCUT2D eigenvalue weighted by Gasteiger charge is 2.28. The van der Waals surface area contributed by atoms with Crippen molar-refractivity contribution < 1.29 is 22.3 Å². The maximum Gasteiger partial charge on any atom is 0.267 e. The van der Waals surface area contributed by atoms with Crippen LogP contribution in [0.5, 0.6) is 0 Å². The van der Waals surface area contributed by atoms with Crippen molar-refractivity contribution in [2.24, 2.45) is 0 Å². The molecule has 1 amide bonds. The normalized spacial score (nSPS) is 19.6. The molecule has 1 unspecified atom stereocenters. The van der Waals surface area contributed by atoms with Crippen LogP contribution in [0, 0.1) is 5.82 Å². The molecular formula is C12H13ClFNO4S. The van der Waals surface area contributed by atoms with Crippen molar-refractivity contribution in [1.29, 1.82) is 0 Å². The number of carbonyl (C=O) groups is 1. The van der Waals surface area contributed by atoms with Crippen LogP contribution in [0.4, 0.5) is 4.39 Å². The number of nitrogens with one attached hydrogen (secondary N) is 1. The van der Waals surface area contributed by atoms with Gasteiger partial charge in [0.25, 0.3) is 15.9 Å². The largest absolute Gasteiger partial charge is 0.368 e. The first kappa shape index (κ1) is 15.2. The first-order valence-electron chi connectivity index (χ1n) is 6.03. The molecule has 1 heterocycles. The molecule has 1 aromatic carbocycles. The fraction of sp³-hybridized carbons (Fsp3) is 0.417. The van der Waals surface area contributed by atoms with Crippen molar-refractivity contribution in [2.45, 2.75) is 30.3 Å². The van der Waals surface area contributed by atoms with Gasteiger partial charge in [-0.3, -0.25) is 4.79 Å². The summed E-state index contributed by atoms with van der Waals surface area (Å²) < 4.78 is 44.5. The topological polar surface area (TPSA) is 72.5 Å². The van der Waals surface area contributed by atoms with E-state index in [-0.39, 0.29) is 5.02 Å². The van der Waals surface area contributed by atoms with Crippen molar-refractivity contribution in [3.05, 3.63) is 29.0 Å². The molecule has 20 heavy (non-hydrogen) atoms. The highest BCUT2D eigenvalue weighted by molar-refractivity contribution is 7.90. The third-order valence-corrected chi connectivity index (χ3v) is 4.51. The number of hydrogen-bond donors (Lipinski definition) is 1. The van der Waals surface area contributed by atoms with Crippen molar-refractivity contribution in [2.75, 3.05) is 6.61 Å². The van der Waals surface area contributed by atoms with E-state index >= 15 is 0 Å². The van der Waals surface area contributed by atoms with Gasteiger partial charge >= 0.3 is 0 Å². The SMILES string of the molecule is O=C(NS(=O)(=O)c1ccc(Cl)cc1F)C1CCCCO1. The summed E-state index contributed by atoms with van der Waals surface area (Å²) >= 11 is 5.55. The fourth-order valence-electron chi connectivity index (χ4n) is 1.89. The van der Waals surface area contributed by atoms with Crippen LogP contribution in [-0.4, -0.2) is 27.0 Å². The molecule has 1 fully saturated rings. The van der Waals surface area contributed by atoms with Gasteiger partial charge in [-0.1, -0.05) is 11.6 Å². The number of sulfonamides is 1. The molecule has 0 radical (unpaired) electrons. The van der Waals surface area contributed by atoms with E-state index in [1.54, 1.807) is 0 Å². The van der Waals surface area contributed by atoms with Gasteiger partial charge in [-0.25, -0.2) is 17.5 Å². The molecule has 1 aromatic rings. The summed E-state index contributed by atoms with van der Waals surface area (Å²) in [5.41, 5.74) is 0. The zero-order valence-electron chi connectivity index (χ0n) is 10.4. The van der Waals surface area contributed by atoms with Crippen LogP contribution in [0.3, 0.4) is 0 Å². The van der Waals surface area contributed by atoms with Gasteiger partial charge in [-0.2, -0.15) is 0 Å². The van der Waals surface area contributed by atoms with Gasteiger partial charge in [0.05, 0.1) is 0 Å². The minimum atomic E-state index is -4.27. The van der Waals surface area contributed by atoms with Crippen LogP contribution < -0.4 is 4.72 Å². The molecule has 8 heteroatoms. The molecule has 5 nitrogen and oxygen atoms in total. The summed E-state index contributed by atoms with van der Waals surface area (Å²) in [6.45, 7) is 0.410. The number of carbonyl (C=O) groups excluding carboxylic acids is 1. The van der Waals surface area contributed by atoms with Crippen molar-refractivity contribution in [1.82, 2.24) is 4.72 Å². The molecule has 0 spiro atoms. The number of halogens is 2. The summed E-state index contributed by atoms with van der Waals surface area (Å²) in [6.07, 6.45) is 1.26. The van der Waals surface area contributed by atoms with E-state index in [4.69, 9.17) is 16.3 Å². The minimum Gasteiger partial charge on any atom is -0.368 e. The fourth-order valence-corrected chi connectivity index (χ4v) is 3.12. The number of benzene rings is 1. The molecule has 1 saturated heterocycles. The molecule has 0 saturated carbocycles. The Balaban J connectivity index is 2.16. The molecule has 1 aliphatic heterocycles. The van der Waals surface area contributed by atoms with E-state index in [1.807, 2.05) is 4.72 Å². The average Bonchev–Trinajstić information content (AvgIpc) is 2.38. The van der Waals surface area contributed by atoms with E-state index in [0.29, 0.717) is 13.0 Å². The predicted octanol–water partition coefficient (Wildman–Crippen LogP) is 1.85. The lowest BCUT2D eigenvalue weighted by atomic mass is 10.1. The Morgan fingerprint density at radius 2 is 2.15 bits per heavy atom. The summed E-state index contributed by atoms with van der Waals surface area (Å²) in [5.74, 6) is -1.79. The zero-order valence-corrected chi connectivity index (χ0v) is 12.0. The first-order valence-corrected chi connectivity index (χ1v) is 7.89. The van der Waals surface area contributed by atoms with Gasteiger partial charge < -0.3 is 4.74 Å². The number of rotatable bonds is 3. The number of ether oxygens (including phenoxy) is 1. The van der Waals surface area contributed by atoms with Gasteiger partial charge in [0.2, 0.25) is 0 Å². The zero-order chi connectivity index (χ0) is 14.8. The van der Waals surface area contributed by atoms with Gasteiger partial charge in [0.1, 0.15) is 16.8 Å². The summed E-state index contributed by atoms with van der Waals surface area (Å²) in [4.78, 5) is 11.2. The smallest absolute Gasteiger partial charge is 0.267 e. The Morgan fingerprint density at radius 3 is 2.75 bits per heavy atom. The Kier molecular flexibility index (Phi) is 4.62. The predicted molar refractivity (Wildman–Crippen MR) is 70.3 cm³/mol. The standard InChI is InChI=1S/C12H13ClFNO4S/c13-8-4-5-11(9(14)7-8)20(17,18)15-12(16)10-3-1-2-6-19-10/h4-5,7,10H,1-3,6H2,(H,15,16). The van der Waals surface area contributed by atoms with E-state index < -0.39 is 32.7 Å². The van der Waals surface area contributed by atoms with Gasteiger partial charge in [-0.15, -0.1) is 0 Å². The molecule has 0 aromatic heterocycles. The molecule has 0 bridgehead atoms. The highest BCUT2D eigenvalue weighted by Crippen LogP contribution is 2.19. The summed E-state index contributed by atoms with van der Waals surface area (Å²) in [5, 5.41) is 0.0726. The Hall–Kier alpha value is -1.18. The maximum atomic E-state index is 13.6. The monoisotopic (exact) mass is 321 g/mol. The highest BCUT2D eigenvalue weighted by atomic mass is 35.5. The molecule has 0 aliphatic carbocycles.